The number of carbonyl (C=O) groups excluding carboxylic acids is 2. The van der Waals surface area contributed by atoms with Crippen molar-refractivity contribution in [1.29, 1.82) is 0 Å². The third-order valence-electron chi connectivity index (χ3n) is 3.48. The van der Waals surface area contributed by atoms with E-state index in [4.69, 9.17) is 5.73 Å². The van der Waals surface area contributed by atoms with Crippen molar-refractivity contribution in [3.8, 4) is 0 Å². The highest BCUT2D eigenvalue weighted by atomic mass is 16.2. The second-order valence-electron chi connectivity index (χ2n) is 4.96. The number of hydrogen-bond donors (Lipinski definition) is 2. The molecule has 5 nitrogen and oxygen atoms in total. The molecule has 0 bridgehead atoms. The summed E-state index contributed by atoms with van der Waals surface area (Å²) in [6.07, 6.45) is 0. The zero-order valence-electron chi connectivity index (χ0n) is 11.3. The average molecular weight is 281 g/mol. The molecule has 3 N–H and O–H groups in total. The van der Waals surface area contributed by atoms with Gasteiger partial charge in [-0.25, -0.2) is 4.79 Å². The summed E-state index contributed by atoms with van der Waals surface area (Å²) in [6, 6.07) is 15.4. The SMILES string of the molecule is Nc1ccc(CN2C(=O)NC(c3ccccc3)C2=O)cc1. The fourth-order valence-corrected chi connectivity index (χ4v) is 2.35. The molecule has 1 atom stereocenters. The van der Waals surface area contributed by atoms with E-state index >= 15 is 0 Å². The van der Waals surface area contributed by atoms with Crippen LogP contribution in [-0.4, -0.2) is 16.8 Å². The highest BCUT2D eigenvalue weighted by molar-refractivity contribution is 6.04. The van der Waals surface area contributed by atoms with Crippen LogP contribution in [0.3, 0.4) is 0 Å². The van der Waals surface area contributed by atoms with Gasteiger partial charge in [0.1, 0.15) is 6.04 Å². The van der Waals surface area contributed by atoms with Gasteiger partial charge in [-0.05, 0) is 23.3 Å². The molecule has 1 unspecified atom stereocenters. The van der Waals surface area contributed by atoms with Crippen molar-refractivity contribution < 1.29 is 9.59 Å². The van der Waals surface area contributed by atoms with E-state index < -0.39 is 6.04 Å². The third-order valence-corrected chi connectivity index (χ3v) is 3.48. The molecule has 0 aromatic heterocycles. The molecule has 1 saturated heterocycles. The Bertz CT molecular complexity index is 668. The van der Waals surface area contributed by atoms with Crippen LogP contribution in [0.5, 0.6) is 0 Å². The summed E-state index contributed by atoms with van der Waals surface area (Å²) in [5.41, 5.74) is 7.93. The Hall–Kier alpha value is -2.82. The van der Waals surface area contributed by atoms with E-state index in [1.165, 1.54) is 4.90 Å². The van der Waals surface area contributed by atoms with E-state index in [9.17, 15) is 9.59 Å². The lowest BCUT2D eigenvalue weighted by atomic mass is 10.1. The number of nitrogen functional groups attached to an aromatic ring is 1. The van der Waals surface area contributed by atoms with Crippen molar-refractivity contribution in [1.82, 2.24) is 10.2 Å². The Morgan fingerprint density at radius 3 is 2.33 bits per heavy atom. The lowest BCUT2D eigenvalue weighted by molar-refractivity contribution is -0.128. The summed E-state index contributed by atoms with van der Waals surface area (Å²) in [6.45, 7) is 0.244. The first kappa shape index (κ1) is 13.2. The van der Waals surface area contributed by atoms with Crippen LogP contribution < -0.4 is 11.1 Å². The predicted molar refractivity (Wildman–Crippen MR) is 79.1 cm³/mol. The quantitative estimate of drug-likeness (QED) is 0.668. The largest absolute Gasteiger partial charge is 0.399 e. The molecule has 1 aliphatic heterocycles. The van der Waals surface area contributed by atoms with Gasteiger partial charge in [-0.15, -0.1) is 0 Å². The van der Waals surface area contributed by atoms with E-state index in [0.717, 1.165) is 11.1 Å². The van der Waals surface area contributed by atoms with Gasteiger partial charge < -0.3 is 11.1 Å². The molecule has 2 aromatic rings. The summed E-state index contributed by atoms with van der Waals surface area (Å²) in [7, 11) is 0. The van der Waals surface area contributed by atoms with Crippen molar-refractivity contribution in [2.75, 3.05) is 5.73 Å². The Balaban J connectivity index is 1.79. The van der Waals surface area contributed by atoms with Crippen molar-refractivity contribution in [3.63, 3.8) is 0 Å². The number of amides is 3. The maximum absolute atomic E-state index is 12.4. The first-order chi connectivity index (χ1) is 10.1. The van der Waals surface area contributed by atoms with Crippen LogP contribution in [0.4, 0.5) is 10.5 Å². The molecule has 2 aromatic carbocycles. The second-order valence-corrected chi connectivity index (χ2v) is 4.96. The molecule has 1 fully saturated rings. The van der Waals surface area contributed by atoms with E-state index in [1.807, 2.05) is 42.5 Å². The number of benzene rings is 2. The number of anilines is 1. The molecule has 21 heavy (non-hydrogen) atoms. The smallest absolute Gasteiger partial charge is 0.325 e. The number of urea groups is 1. The summed E-state index contributed by atoms with van der Waals surface area (Å²) in [5.74, 6) is -0.233. The fourth-order valence-electron chi connectivity index (χ4n) is 2.35. The number of rotatable bonds is 3. The molecule has 0 spiro atoms. The first-order valence-electron chi connectivity index (χ1n) is 6.66. The monoisotopic (exact) mass is 281 g/mol. The second kappa shape index (κ2) is 5.28. The van der Waals surface area contributed by atoms with E-state index in [0.29, 0.717) is 5.69 Å². The summed E-state index contributed by atoms with van der Waals surface area (Å²) in [5, 5.41) is 2.71. The summed E-state index contributed by atoms with van der Waals surface area (Å²) < 4.78 is 0. The summed E-state index contributed by atoms with van der Waals surface area (Å²) in [4.78, 5) is 25.6. The fraction of sp³-hybridized carbons (Fsp3) is 0.125. The minimum atomic E-state index is -0.604. The molecule has 0 aliphatic carbocycles. The first-order valence-corrected chi connectivity index (χ1v) is 6.66. The Morgan fingerprint density at radius 1 is 1.00 bits per heavy atom. The van der Waals surface area contributed by atoms with Gasteiger partial charge in [0.25, 0.3) is 5.91 Å². The molecular weight excluding hydrogens is 266 g/mol. The van der Waals surface area contributed by atoms with Crippen molar-refractivity contribution in [3.05, 3.63) is 65.7 Å². The Kier molecular flexibility index (Phi) is 3.31. The third kappa shape index (κ3) is 2.58. The molecule has 106 valence electrons. The van der Waals surface area contributed by atoms with Gasteiger partial charge in [0.15, 0.2) is 0 Å². The minimum absolute atomic E-state index is 0.233. The maximum atomic E-state index is 12.4. The van der Waals surface area contributed by atoms with Gasteiger partial charge in [0.05, 0.1) is 6.54 Å². The number of imide groups is 1. The van der Waals surface area contributed by atoms with Crippen LogP contribution >= 0.6 is 0 Å². The molecule has 3 amide bonds. The van der Waals surface area contributed by atoms with Gasteiger partial charge in [-0.3, -0.25) is 9.69 Å². The molecule has 0 saturated carbocycles. The van der Waals surface area contributed by atoms with Crippen LogP contribution in [0.2, 0.25) is 0 Å². The number of carbonyl (C=O) groups is 2. The number of hydrogen-bond acceptors (Lipinski definition) is 3. The molecule has 0 radical (unpaired) electrons. The van der Waals surface area contributed by atoms with Gasteiger partial charge in [-0.1, -0.05) is 42.5 Å². The van der Waals surface area contributed by atoms with E-state index in [-0.39, 0.29) is 18.5 Å². The Labute approximate surface area is 122 Å². The highest BCUT2D eigenvalue weighted by Gasteiger charge is 2.38. The normalized spacial score (nSPS) is 17.9. The van der Waals surface area contributed by atoms with Crippen molar-refractivity contribution in [2.24, 2.45) is 0 Å². The minimum Gasteiger partial charge on any atom is -0.399 e. The molecule has 3 rings (SSSR count). The van der Waals surface area contributed by atoms with E-state index in [2.05, 4.69) is 5.32 Å². The van der Waals surface area contributed by atoms with E-state index in [1.54, 1.807) is 12.1 Å². The van der Waals surface area contributed by atoms with Gasteiger partial charge in [-0.2, -0.15) is 0 Å². The molecular formula is C16H15N3O2. The average Bonchev–Trinajstić information content (AvgIpc) is 2.78. The van der Waals surface area contributed by atoms with Crippen LogP contribution in [0, 0.1) is 0 Å². The zero-order chi connectivity index (χ0) is 14.8. The van der Waals surface area contributed by atoms with Crippen LogP contribution in [0.15, 0.2) is 54.6 Å². The topological polar surface area (TPSA) is 75.4 Å². The highest BCUT2D eigenvalue weighted by Crippen LogP contribution is 2.23. The van der Waals surface area contributed by atoms with Crippen molar-refractivity contribution in [2.45, 2.75) is 12.6 Å². The predicted octanol–water partition coefficient (Wildman–Crippen LogP) is 2.06. The van der Waals surface area contributed by atoms with Crippen LogP contribution in [-0.2, 0) is 11.3 Å². The summed E-state index contributed by atoms with van der Waals surface area (Å²) >= 11 is 0. The lowest BCUT2D eigenvalue weighted by Crippen LogP contribution is -2.30. The maximum Gasteiger partial charge on any atom is 0.325 e. The van der Waals surface area contributed by atoms with Gasteiger partial charge >= 0.3 is 6.03 Å². The number of nitrogens with zero attached hydrogens (tertiary/aromatic N) is 1. The zero-order valence-corrected chi connectivity index (χ0v) is 11.3. The van der Waals surface area contributed by atoms with Crippen LogP contribution in [0.1, 0.15) is 17.2 Å². The molecule has 5 heteroatoms. The molecule has 1 heterocycles. The van der Waals surface area contributed by atoms with Crippen LogP contribution in [0.25, 0.3) is 0 Å². The van der Waals surface area contributed by atoms with Crippen molar-refractivity contribution >= 4 is 17.6 Å². The number of nitrogens with one attached hydrogen (secondary N) is 1. The molecule has 1 aliphatic rings. The van der Waals surface area contributed by atoms with Gasteiger partial charge in [0.2, 0.25) is 0 Å². The Morgan fingerprint density at radius 2 is 1.67 bits per heavy atom. The number of nitrogens with two attached hydrogens (primary N) is 1. The van der Waals surface area contributed by atoms with Gasteiger partial charge in [0, 0.05) is 5.69 Å². The lowest BCUT2D eigenvalue weighted by Gasteiger charge is -2.13. The standard InChI is InChI=1S/C16H15N3O2/c17-13-8-6-11(7-9-13)10-19-15(20)14(18-16(19)21)12-4-2-1-3-5-12/h1-9,14H,10,17H2,(H,18,21).